The van der Waals surface area contributed by atoms with Gasteiger partial charge in [-0.3, -0.25) is 9.48 Å². The second-order valence-corrected chi connectivity index (χ2v) is 5.18. The van der Waals surface area contributed by atoms with Crippen LogP contribution in [0.4, 0.5) is 0 Å². The van der Waals surface area contributed by atoms with Crippen molar-refractivity contribution in [2.75, 3.05) is 13.2 Å². The number of carbonyl (C=O) groups is 1. The maximum atomic E-state index is 11.9. The maximum Gasteiger partial charge on any atom is 0.220 e. The van der Waals surface area contributed by atoms with E-state index in [0.717, 1.165) is 11.3 Å². The number of aryl methyl sites for hydroxylation is 3. The number of hydrogen-bond donors (Lipinski definition) is 3. The van der Waals surface area contributed by atoms with E-state index >= 15 is 0 Å². The number of nitrogens with one attached hydrogen (secondary N) is 1. The summed E-state index contributed by atoms with van der Waals surface area (Å²) < 4.78 is 6.83. The van der Waals surface area contributed by atoms with E-state index in [1.54, 1.807) is 4.68 Å². The van der Waals surface area contributed by atoms with E-state index in [2.05, 4.69) is 10.4 Å². The summed E-state index contributed by atoms with van der Waals surface area (Å²) >= 11 is 0. The van der Waals surface area contributed by atoms with Gasteiger partial charge in [0.2, 0.25) is 5.91 Å². The molecule has 0 spiro atoms. The minimum absolute atomic E-state index is 0.0996. The Hall–Kier alpha value is -1.44. The molecule has 2 rings (SSSR count). The zero-order valence-corrected chi connectivity index (χ0v) is 11.7. The second-order valence-electron chi connectivity index (χ2n) is 5.18. The summed E-state index contributed by atoms with van der Waals surface area (Å²) in [7, 11) is 1.84. The molecule has 3 N–H and O–H groups in total. The van der Waals surface area contributed by atoms with Crippen LogP contribution in [0.25, 0.3) is 0 Å². The first-order chi connectivity index (χ1) is 9.47. The van der Waals surface area contributed by atoms with Gasteiger partial charge in [0.25, 0.3) is 0 Å². The fourth-order valence-electron chi connectivity index (χ4n) is 2.33. The Balaban J connectivity index is 1.82. The Morgan fingerprint density at radius 3 is 2.95 bits per heavy atom. The summed E-state index contributed by atoms with van der Waals surface area (Å²) in [5.74, 6) is -0.171. The van der Waals surface area contributed by atoms with Gasteiger partial charge in [-0.2, -0.15) is 5.10 Å². The van der Waals surface area contributed by atoms with Gasteiger partial charge in [-0.1, -0.05) is 0 Å². The molecule has 0 unspecified atom stereocenters. The average Bonchev–Trinajstić information content (AvgIpc) is 2.71. The van der Waals surface area contributed by atoms with Crippen molar-refractivity contribution in [2.45, 2.75) is 38.0 Å². The van der Waals surface area contributed by atoms with Crippen LogP contribution < -0.4 is 5.32 Å². The highest BCUT2D eigenvalue weighted by atomic mass is 16.5. The molecular weight excluding hydrogens is 262 g/mol. The van der Waals surface area contributed by atoms with E-state index in [1.165, 1.54) is 0 Å². The van der Waals surface area contributed by atoms with Crippen molar-refractivity contribution < 1.29 is 19.7 Å². The molecule has 0 aliphatic carbocycles. The molecule has 0 radical (unpaired) electrons. The van der Waals surface area contributed by atoms with Gasteiger partial charge in [0.05, 0.1) is 24.9 Å². The van der Waals surface area contributed by atoms with Gasteiger partial charge in [-0.05, 0) is 18.9 Å². The van der Waals surface area contributed by atoms with Crippen molar-refractivity contribution >= 4 is 5.91 Å². The molecule has 7 heteroatoms. The number of hydrogen-bond acceptors (Lipinski definition) is 5. The molecule has 112 valence electrons. The maximum absolute atomic E-state index is 11.9. The SMILES string of the molecule is Cc1nn(C)cc1CCC(=O)N[C@@H]1COC[C@@H](O)[C@H]1O. The van der Waals surface area contributed by atoms with Crippen molar-refractivity contribution in [2.24, 2.45) is 7.05 Å². The third-order valence-electron chi connectivity index (χ3n) is 3.48. The minimum Gasteiger partial charge on any atom is -0.388 e. The molecular formula is C13H21N3O4. The molecule has 0 aromatic carbocycles. The van der Waals surface area contributed by atoms with Crippen LogP contribution in [-0.4, -0.2) is 57.4 Å². The smallest absolute Gasteiger partial charge is 0.220 e. The molecule has 7 nitrogen and oxygen atoms in total. The highest BCUT2D eigenvalue weighted by Crippen LogP contribution is 2.10. The number of aliphatic hydroxyl groups is 2. The summed E-state index contributed by atoms with van der Waals surface area (Å²) in [5, 5.41) is 26.1. The molecule has 0 saturated carbocycles. The first kappa shape index (κ1) is 15.0. The van der Waals surface area contributed by atoms with Crippen LogP contribution in [0.3, 0.4) is 0 Å². The largest absolute Gasteiger partial charge is 0.388 e. The number of ether oxygens (including phenoxy) is 1. The van der Waals surface area contributed by atoms with E-state index in [9.17, 15) is 15.0 Å². The van der Waals surface area contributed by atoms with Gasteiger partial charge >= 0.3 is 0 Å². The number of aliphatic hydroxyl groups excluding tert-OH is 2. The topological polar surface area (TPSA) is 96.6 Å². The fraction of sp³-hybridized carbons (Fsp3) is 0.692. The summed E-state index contributed by atoms with van der Waals surface area (Å²) in [6.45, 7) is 2.22. The number of amides is 1. The number of nitrogens with zero attached hydrogens (tertiary/aromatic N) is 2. The molecule has 1 aliphatic heterocycles. The van der Waals surface area contributed by atoms with Gasteiger partial charge in [0.15, 0.2) is 0 Å². The zero-order chi connectivity index (χ0) is 14.7. The zero-order valence-electron chi connectivity index (χ0n) is 11.7. The molecule has 1 aromatic rings. The Labute approximate surface area is 117 Å². The average molecular weight is 283 g/mol. The van der Waals surface area contributed by atoms with Crippen LogP contribution >= 0.6 is 0 Å². The molecule has 1 fully saturated rings. The predicted molar refractivity (Wildman–Crippen MR) is 71.0 cm³/mol. The standard InChI is InChI=1S/C13H21N3O4/c1-8-9(5-16(2)15-8)3-4-12(18)14-10-6-20-7-11(17)13(10)19/h5,10-11,13,17,19H,3-4,6-7H2,1-2H3,(H,14,18)/t10-,11-,13+/m1/s1. The lowest BCUT2D eigenvalue weighted by Gasteiger charge is -2.32. The fourth-order valence-corrected chi connectivity index (χ4v) is 2.33. The van der Waals surface area contributed by atoms with Gasteiger partial charge < -0.3 is 20.3 Å². The molecule has 3 atom stereocenters. The lowest BCUT2D eigenvalue weighted by atomic mass is 10.0. The summed E-state index contributed by atoms with van der Waals surface area (Å²) in [6.07, 6.45) is 0.872. The normalized spacial score (nSPS) is 26.5. The molecule has 1 saturated heterocycles. The Bertz CT molecular complexity index is 474. The lowest BCUT2D eigenvalue weighted by molar-refractivity contribution is -0.131. The van der Waals surface area contributed by atoms with Gasteiger partial charge in [0.1, 0.15) is 12.2 Å². The third-order valence-corrected chi connectivity index (χ3v) is 3.48. The molecule has 20 heavy (non-hydrogen) atoms. The molecule has 1 aliphatic rings. The predicted octanol–water partition coefficient (Wildman–Crippen LogP) is -1.10. The van der Waals surface area contributed by atoms with Crippen LogP contribution in [0.5, 0.6) is 0 Å². The van der Waals surface area contributed by atoms with Crippen molar-refractivity contribution in [3.05, 3.63) is 17.5 Å². The highest BCUT2D eigenvalue weighted by molar-refractivity contribution is 5.76. The van der Waals surface area contributed by atoms with Crippen LogP contribution in [0, 0.1) is 6.92 Å². The molecule has 0 bridgehead atoms. The third kappa shape index (κ3) is 3.56. The van der Waals surface area contributed by atoms with Crippen LogP contribution in [-0.2, 0) is 23.0 Å². The first-order valence-corrected chi connectivity index (χ1v) is 6.69. The van der Waals surface area contributed by atoms with E-state index in [4.69, 9.17) is 4.74 Å². The van der Waals surface area contributed by atoms with E-state index in [1.807, 2.05) is 20.2 Å². The van der Waals surface area contributed by atoms with Crippen LogP contribution in [0.2, 0.25) is 0 Å². The molecule has 1 aromatic heterocycles. The van der Waals surface area contributed by atoms with E-state index in [0.29, 0.717) is 12.8 Å². The van der Waals surface area contributed by atoms with Crippen LogP contribution in [0.1, 0.15) is 17.7 Å². The summed E-state index contributed by atoms with van der Waals surface area (Å²) in [4.78, 5) is 11.9. The highest BCUT2D eigenvalue weighted by Gasteiger charge is 2.32. The Kier molecular flexibility index (Phi) is 4.74. The Morgan fingerprint density at radius 2 is 2.30 bits per heavy atom. The number of carbonyl (C=O) groups excluding carboxylic acids is 1. The van der Waals surface area contributed by atoms with Crippen molar-refractivity contribution in [3.8, 4) is 0 Å². The first-order valence-electron chi connectivity index (χ1n) is 6.69. The van der Waals surface area contributed by atoms with Gasteiger partial charge in [-0.25, -0.2) is 0 Å². The van der Waals surface area contributed by atoms with Gasteiger partial charge in [0, 0.05) is 19.7 Å². The summed E-state index contributed by atoms with van der Waals surface area (Å²) in [6, 6.07) is -0.554. The Morgan fingerprint density at radius 1 is 1.55 bits per heavy atom. The molecule has 2 heterocycles. The van der Waals surface area contributed by atoms with E-state index in [-0.39, 0.29) is 19.1 Å². The quantitative estimate of drug-likeness (QED) is 0.651. The van der Waals surface area contributed by atoms with Gasteiger partial charge in [-0.15, -0.1) is 0 Å². The van der Waals surface area contributed by atoms with E-state index < -0.39 is 18.2 Å². The second kappa shape index (κ2) is 6.34. The van der Waals surface area contributed by atoms with Crippen molar-refractivity contribution in [1.82, 2.24) is 15.1 Å². The lowest BCUT2D eigenvalue weighted by Crippen LogP contribution is -2.55. The van der Waals surface area contributed by atoms with Crippen molar-refractivity contribution in [3.63, 3.8) is 0 Å². The number of rotatable bonds is 4. The van der Waals surface area contributed by atoms with Crippen LogP contribution in [0.15, 0.2) is 6.20 Å². The van der Waals surface area contributed by atoms with Crippen molar-refractivity contribution in [1.29, 1.82) is 0 Å². The number of aromatic nitrogens is 2. The minimum atomic E-state index is -0.979. The summed E-state index contributed by atoms with van der Waals surface area (Å²) in [5.41, 5.74) is 1.94. The monoisotopic (exact) mass is 283 g/mol. The molecule has 1 amide bonds.